The first-order chi connectivity index (χ1) is 17.5. The topological polar surface area (TPSA) is 47.4 Å². The number of benzene rings is 3. The van der Waals surface area contributed by atoms with Crippen molar-refractivity contribution < 1.29 is 9.53 Å². The number of imidazole rings is 1. The predicted octanol–water partition coefficient (Wildman–Crippen LogP) is 6.60. The highest BCUT2D eigenvalue weighted by atomic mass is 16.5. The van der Waals surface area contributed by atoms with E-state index in [1.54, 1.807) is 0 Å². The van der Waals surface area contributed by atoms with Gasteiger partial charge >= 0.3 is 0 Å². The van der Waals surface area contributed by atoms with Gasteiger partial charge in [0.15, 0.2) is 0 Å². The van der Waals surface area contributed by atoms with Crippen LogP contribution in [0.1, 0.15) is 54.6 Å². The largest absolute Gasteiger partial charge is 0.494 e. The molecule has 36 heavy (non-hydrogen) atoms. The number of carbonyl (C=O) groups excluding carboxylic acids is 1. The van der Waals surface area contributed by atoms with Crippen LogP contribution in [0.15, 0.2) is 66.7 Å². The van der Waals surface area contributed by atoms with Gasteiger partial charge in [-0.1, -0.05) is 48.9 Å². The molecule has 5 nitrogen and oxygen atoms in total. The highest BCUT2D eigenvalue weighted by molar-refractivity contribution is 5.97. The first-order valence-electron chi connectivity index (χ1n) is 13.1. The second-order valence-corrected chi connectivity index (χ2v) is 9.86. The highest BCUT2D eigenvalue weighted by Gasteiger charge is 2.35. The van der Waals surface area contributed by atoms with Crippen LogP contribution in [0.4, 0.5) is 5.69 Å². The fourth-order valence-electron chi connectivity index (χ4n) is 5.25. The van der Waals surface area contributed by atoms with Crippen molar-refractivity contribution in [2.24, 2.45) is 0 Å². The molecule has 5 rings (SSSR count). The van der Waals surface area contributed by atoms with Gasteiger partial charge in [-0.25, -0.2) is 4.98 Å². The number of nitrogens with zero attached hydrogens (tertiary/aromatic N) is 3. The maximum atomic E-state index is 13.1. The third-order valence-corrected chi connectivity index (χ3v) is 7.19. The number of hydrogen-bond acceptors (Lipinski definition) is 3. The average molecular weight is 482 g/mol. The number of ether oxygens (including phenoxy) is 1. The molecule has 3 aromatic carbocycles. The minimum atomic E-state index is 0.0823. The Bertz CT molecular complexity index is 1360. The number of unbranched alkanes of at least 4 members (excludes halogenated alkanes) is 1. The molecule has 1 aliphatic heterocycles. The first kappa shape index (κ1) is 24.1. The van der Waals surface area contributed by atoms with Gasteiger partial charge in [0.1, 0.15) is 11.6 Å². The van der Waals surface area contributed by atoms with E-state index in [9.17, 15) is 4.79 Å². The van der Waals surface area contributed by atoms with Crippen molar-refractivity contribution in [3.8, 4) is 5.75 Å². The van der Waals surface area contributed by atoms with Crippen molar-refractivity contribution in [3.63, 3.8) is 0 Å². The second kappa shape index (κ2) is 10.6. The predicted molar refractivity (Wildman–Crippen MR) is 146 cm³/mol. The van der Waals surface area contributed by atoms with Gasteiger partial charge in [-0.05, 0) is 74.6 Å². The molecule has 1 unspecified atom stereocenters. The molecule has 0 saturated carbocycles. The van der Waals surface area contributed by atoms with Gasteiger partial charge < -0.3 is 14.2 Å². The monoisotopic (exact) mass is 481 g/mol. The lowest BCUT2D eigenvalue weighted by Crippen LogP contribution is -2.25. The Kier molecular flexibility index (Phi) is 7.08. The summed E-state index contributed by atoms with van der Waals surface area (Å²) in [5.41, 5.74) is 6.83. The number of aromatic nitrogens is 2. The van der Waals surface area contributed by atoms with E-state index < -0.39 is 0 Å². The van der Waals surface area contributed by atoms with Crippen molar-refractivity contribution in [1.82, 2.24) is 9.55 Å². The third-order valence-electron chi connectivity index (χ3n) is 7.19. The van der Waals surface area contributed by atoms with Gasteiger partial charge in [0.2, 0.25) is 5.91 Å². The summed E-state index contributed by atoms with van der Waals surface area (Å²) in [7, 11) is 0. The molecule has 0 radical (unpaired) electrons. The van der Waals surface area contributed by atoms with Gasteiger partial charge in [-0.3, -0.25) is 4.79 Å². The molecule has 1 fully saturated rings. The molecule has 1 aliphatic rings. The molecule has 186 valence electrons. The standard InChI is InChI=1S/C31H35N3O2/c1-4-24-12-14-26(15-13-24)36-18-8-7-17-33-29-10-6-5-9-27(29)32-31(33)25-20-30(35)34(21-25)28-16-11-22(2)19-23(28)3/h5-6,9-16,19,25H,4,7-8,17-18,20-21H2,1-3H3. The molecule has 1 aromatic heterocycles. The van der Waals surface area contributed by atoms with E-state index in [-0.39, 0.29) is 11.8 Å². The van der Waals surface area contributed by atoms with Gasteiger partial charge in [-0.2, -0.15) is 0 Å². The summed E-state index contributed by atoms with van der Waals surface area (Å²) >= 11 is 0. The number of carbonyl (C=O) groups is 1. The molecular formula is C31H35N3O2. The van der Waals surface area contributed by atoms with Crippen LogP contribution in [0, 0.1) is 13.8 Å². The molecular weight excluding hydrogens is 446 g/mol. The van der Waals surface area contributed by atoms with Crippen molar-refractivity contribution in [2.75, 3.05) is 18.1 Å². The van der Waals surface area contributed by atoms with Crippen molar-refractivity contribution >= 4 is 22.6 Å². The van der Waals surface area contributed by atoms with Crippen LogP contribution in [0.5, 0.6) is 5.75 Å². The fourth-order valence-corrected chi connectivity index (χ4v) is 5.25. The summed E-state index contributed by atoms with van der Waals surface area (Å²) in [6.07, 6.45) is 3.48. The summed E-state index contributed by atoms with van der Waals surface area (Å²) in [5, 5.41) is 0. The molecule has 0 bridgehead atoms. The number of aryl methyl sites for hydroxylation is 4. The molecule has 1 atom stereocenters. The molecule has 0 spiro atoms. The number of fused-ring (bicyclic) bond motifs is 1. The maximum absolute atomic E-state index is 13.1. The summed E-state index contributed by atoms with van der Waals surface area (Å²) in [6.45, 7) is 8.55. The Labute approximate surface area is 213 Å². The minimum Gasteiger partial charge on any atom is -0.494 e. The Balaban J connectivity index is 1.28. The Morgan fingerprint density at radius 2 is 1.81 bits per heavy atom. The maximum Gasteiger partial charge on any atom is 0.227 e. The summed E-state index contributed by atoms with van der Waals surface area (Å²) in [5.74, 6) is 2.21. The Hall–Kier alpha value is -3.60. The van der Waals surface area contributed by atoms with Gasteiger partial charge in [0.05, 0.1) is 17.6 Å². The number of amides is 1. The lowest BCUT2D eigenvalue weighted by molar-refractivity contribution is -0.117. The van der Waals surface area contributed by atoms with E-state index in [0.717, 1.165) is 59.7 Å². The lowest BCUT2D eigenvalue weighted by atomic mass is 10.1. The molecule has 1 saturated heterocycles. The van der Waals surface area contributed by atoms with Gasteiger partial charge in [-0.15, -0.1) is 0 Å². The zero-order valence-electron chi connectivity index (χ0n) is 21.5. The second-order valence-electron chi connectivity index (χ2n) is 9.86. The Morgan fingerprint density at radius 3 is 2.58 bits per heavy atom. The van der Waals surface area contributed by atoms with Gasteiger partial charge in [0, 0.05) is 31.1 Å². The number of para-hydroxylation sites is 2. The normalized spacial score (nSPS) is 15.7. The molecule has 5 heteroatoms. The average Bonchev–Trinajstić information content (AvgIpc) is 3.44. The van der Waals surface area contributed by atoms with Crippen molar-refractivity contribution in [1.29, 1.82) is 0 Å². The van der Waals surface area contributed by atoms with E-state index in [1.165, 1.54) is 11.1 Å². The van der Waals surface area contributed by atoms with E-state index >= 15 is 0 Å². The minimum absolute atomic E-state index is 0.0823. The summed E-state index contributed by atoms with van der Waals surface area (Å²) in [6, 6.07) is 23.0. The molecule has 0 aliphatic carbocycles. The number of hydrogen-bond donors (Lipinski definition) is 0. The molecule has 2 heterocycles. The third kappa shape index (κ3) is 5.01. The van der Waals surface area contributed by atoms with E-state index in [0.29, 0.717) is 19.6 Å². The van der Waals surface area contributed by atoms with Crippen LogP contribution in [-0.2, 0) is 17.8 Å². The zero-order valence-corrected chi connectivity index (χ0v) is 21.5. The van der Waals surface area contributed by atoms with E-state index in [4.69, 9.17) is 9.72 Å². The van der Waals surface area contributed by atoms with Gasteiger partial charge in [0.25, 0.3) is 0 Å². The van der Waals surface area contributed by atoms with Crippen LogP contribution >= 0.6 is 0 Å². The Morgan fingerprint density at radius 1 is 1.00 bits per heavy atom. The molecule has 1 amide bonds. The first-order valence-corrected chi connectivity index (χ1v) is 13.1. The van der Waals surface area contributed by atoms with E-state index in [2.05, 4.69) is 86.0 Å². The molecule has 4 aromatic rings. The lowest BCUT2D eigenvalue weighted by Gasteiger charge is -2.20. The fraction of sp³-hybridized carbons (Fsp3) is 0.355. The van der Waals surface area contributed by atoms with Crippen LogP contribution in [-0.4, -0.2) is 28.6 Å². The van der Waals surface area contributed by atoms with Crippen LogP contribution in [0.3, 0.4) is 0 Å². The van der Waals surface area contributed by atoms with Crippen molar-refractivity contribution in [2.45, 2.75) is 58.9 Å². The smallest absolute Gasteiger partial charge is 0.227 e. The van der Waals surface area contributed by atoms with Crippen LogP contribution in [0.2, 0.25) is 0 Å². The number of rotatable bonds is 9. The summed E-state index contributed by atoms with van der Waals surface area (Å²) in [4.78, 5) is 20.0. The van der Waals surface area contributed by atoms with E-state index in [1.807, 2.05) is 11.0 Å². The van der Waals surface area contributed by atoms with Crippen LogP contribution < -0.4 is 9.64 Å². The quantitative estimate of drug-likeness (QED) is 0.253. The summed E-state index contributed by atoms with van der Waals surface area (Å²) < 4.78 is 8.29. The zero-order chi connectivity index (χ0) is 25.1. The van der Waals surface area contributed by atoms with Crippen LogP contribution in [0.25, 0.3) is 11.0 Å². The SMILES string of the molecule is CCc1ccc(OCCCCn2c(C3CC(=O)N(c4ccc(C)cc4C)C3)nc3ccccc32)cc1. The van der Waals surface area contributed by atoms with Crippen molar-refractivity contribution in [3.05, 3.63) is 89.2 Å². The molecule has 0 N–H and O–H groups in total. The highest BCUT2D eigenvalue weighted by Crippen LogP contribution is 2.35. The number of anilines is 1.